The first-order valence-corrected chi connectivity index (χ1v) is 9.80. The molecule has 0 aliphatic rings. The number of aryl methyl sites for hydroxylation is 1. The highest BCUT2D eigenvalue weighted by Crippen LogP contribution is 2.25. The van der Waals surface area contributed by atoms with Crippen molar-refractivity contribution in [3.63, 3.8) is 0 Å². The van der Waals surface area contributed by atoms with Crippen LogP contribution in [0.15, 0.2) is 36.4 Å². The number of anilines is 2. The van der Waals surface area contributed by atoms with E-state index in [0.717, 1.165) is 22.6 Å². The van der Waals surface area contributed by atoms with Crippen LogP contribution in [0.2, 0.25) is 15.1 Å². The molecule has 0 spiro atoms. The molecule has 0 bridgehead atoms. The van der Waals surface area contributed by atoms with Crippen LogP contribution in [0.4, 0.5) is 15.8 Å². The summed E-state index contributed by atoms with van der Waals surface area (Å²) in [5, 5.41) is 12.1. The molecular weight excluding hydrogens is 442 g/mol. The van der Waals surface area contributed by atoms with E-state index in [-0.39, 0.29) is 5.02 Å². The topological polar surface area (TPSA) is 41.9 Å². The fourth-order valence-corrected chi connectivity index (χ4v) is 3.41. The molecule has 0 unspecified atom stereocenters. The number of hydrogen-bond donors (Lipinski definition) is 2. The normalized spacial score (nSPS) is 10.8. The molecule has 0 atom stereocenters. The predicted molar refractivity (Wildman–Crippen MR) is 119 cm³/mol. The average molecular weight is 458 g/mol. The van der Waals surface area contributed by atoms with Crippen molar-refractivity contribution >= 4 is 63.5 Å². The highest BCUT2D eigenvalue weighted by atomic mass is 35.5. The molecule has 0 saturated carbocycles. The van der Waals surface area contributed by atoms with Gasteiger partial charge in [-0.1, -0.05) is 40.9 Å². The molecule has 28 heavy (non-hydrogen) atoms. The summed E-state index contributed by atoms with van der Waals surface area (Å²) < 4.78 is 15.1. The van der Waals surface area contributed by atoms with Gasteiger partial charge in [-0.2, -0.15) is 5.10 Å². The average Bonchev–Trinajstić information content (AvgIpc) is 2.89. The van der Waals surface area contributed by atoms with E-state index in [4.69, 9.17) is 47.0 Å². The monoisotopic (exact) mass is 456 g/mol. The van der Waals surface area contributed by atoms with E-state index in [1.165, 1.54) is 12.1 Å². The van der Waals surface area contributed by atoms with Crippen molar-refractivity contribution in [2.45, 2.75) is 20.4 Å². The zero-order valence-corrected chi connectivity index (χ0v) is 18.1. The lowest BCUT2D eigenvalue weighted by molar-refractivity contribution is 0.628. The molecule has 3 rings (SSSR count). The molecule has 146 valence electrons. The van der Waals surface area contributed by atoms with E-state index < -0.39 is 5.82 Å². The van der Waals surface area contributed by atoms with E-state index >= 15 is 0 Å². The zero-order chi connectivity index (χ0) is 20.4. The molecule has 2 N–H and O–H groups in total. The predicted octanol–water partition coefficient (Wildman–Crippen LogP) is 6.46. The number of halogens is 4. The SMILES string of the molecule is Cc1nn(Cc2ccc(Cl)c(Cl)c2)c(C)c1NC(=S)Nc1ccc(F)c(Cl)c1. The van der Waals surface area contributed by atoms with E-state index in [1.807, 2.05) is 30.7 Å². The number of benzene rings is 2. The summed E-state index contributed by atoms with van der Waals surface area (Å²) in [6.45, 7) is 4.37. The second-order valence-electron chi connectivity index (χ2n) is 6.16. The van der Waals surface area contributed by atoms with Gasteiger partial charge in [0, 0.05) is 5.69 Å². The fourth-order valence-electron chi connectivity index (χ4n) is 2.69. The van der Waals surface area contributed by atoms with Crippen molar-refractivity contribution in [1.29, 1.82) is 0 Å². The van der Waals surface area contributed by atoms with Gasteiger partial charge in [0.2, 0.25) is 0 Å². The molecule has 3 aromatic rings. The van der Waals surface area contributed by atoms with Crippen LogP contribution in [0, 0.1) is 19.7 Å². The van der Waals surface area contributed by atoms with Crippen LogP contribution in [-0.4, -0.2) is 14.9 Å². The summed E-state index contributed by atoms with van der Waals surface area (Å²) in [6, 6.07) is 9.79. The first kappa shape index (κ1) is 20.9. The smallest absolute Gasteiger partial charge is 0.175 e. The van der Waals surface area contributed by atoms with Gasteiger partial charge >= 0.3 is 0 Å². The summed E-state index contributed by atoms with van der Waals surface area (Å²) >= 11 is 23.2. The van der Waals surface area contributed by atoms with Gasteiger partial charge < -0.3 is 10.6 Å². The van der Waals surface area contributed by atoms with Crippen LogP contribution in [0.1, 0.15) is 17.0 Å². The molecule has 0 aliphatic heterocycles. The standard InChI is InChI=1S/C19H16Cl3FN4S/c1-10-18(25-19(28)24-13-4-6-17(23)16(22)8-13)11(2)27(26-10)9-12-3-5-14(20)15(21)7-12/h3-8H,9H2,1-2H3,(H2,24,25,28). The number of aromatic nitrogens is 2. The summed E-state index contributed by atoms with van der Waals surface area (Å²) in [7, 11) is 0. The Balaban J connectivity index is 1.74. The Morgan fingerprint density at radius 1 is 1.04 bits per heavy atom. The number of nitrogens with one attached hydrogen (secondary N) is 2. The lowest BCUT2D eigenvalue weighted by Crippen LogP contribution is -2.20. The molecule has 4 nitrogen and oxygen atoms in total. The van der Waals surface area contributed by atoms with Crippen molar-refractivity contribution in [2.24, 2.45) is 0 Å². The van der Waals surface area contributed by atoms with Crippen LogP contribution < -0.4 is 10.6 Å². The van der Waals surface area contributed by atoms with Crippen molar-refractivity contribution in [1.82, 2.24) is 9.78 Å². The lowest BCUT2D eigenvalue weighted by Gasteiger charge is -2.12. The number of nitrogens with zero attached hydrogens (tertiary/aromatic N) is 2. The van der Waals surface area contributed by atoms with Crippen LogP contribution in [-0.2, 0) is 6.54 Å². The van der Waals surface area contributed by atoms with Crippen LogP contribution >= 0.6 is 47.0 Å². The van der Waals surface area contributed by atoms with Gasteiger partial charge in [-0.05, 0) is 62.0 Å². The van der Waals surface area contributed by atoms with Crippen molar-refractivity contribution in [3.8, 4) is 0 Å². The molecule has 0 amide bonds. The Bertz CT molecular complexity index is 1050. The Morgan fingerprint density at radius 2 is 1.79 bits per heavy atom. The van der Waals surface area contributed by atoms with Crippen LogP contribution in [0.5, 0.6) is 0 Å². The first-order valence-electron chi connectivity index (χ1n) is 8.25. The highest BCUT2D eigenvalue weighted by Gasteiger charge is 2.14. The van der Waals surface area contributed by atoms with E-state index in [0.29, 0.717) is 27.4 Å². The Labute approximate surface area is 182 Å². The quantitative estimate of drug-likeness (QED) is 0.441. The molecule has 0 fully saturated rings. The van der Waals surface area contributed by atoms with Gasteiger partial charge in [0.25, 0.3) is 0 Å². The summed E-state index contributed by atoms with van der Waals surface area (Å²) in [6.07, 6.45) is 0. The third-order valence-electron chi connectivity index (χ3n) is 4.11. The molecule has 2 aromatic carbocycles. The number of hydrogen-bond acceptors (Lipinski definition) is 2. The maximum Gasteiger partial charge on any atom is 0.175 e. The van der Waals surface area contributed by atoms with E-state index in [2.05, 4.69) is 15.7 Å². The Kier molecular flexibility index (Phi) is 6.45. The Morgan fingerprint density at radius 3 is 2.46 bits per heavy atom. The zero-order valence-electron chi connectivity index (χ0n) is 15.0. The highest BCUT2D eigenvalue weighted by molar-refractivity contribution is 7.80. The number of thiocarbonyl (C=S) groups is 1. The Hall–Kier alpha value is -1.86. The van der Waals surface area contributed by atoms with E-state index in [1.54, 1.807) is 12.1 Å². The minimum absolute atomic E-state index is 0.0228. The third-order valence-corrected chi connectivity index (χ3v) is 5.35. The van der Waals surface area contributed by atoms with Gasteiger partial charge in [-0.25, -0.2) is 4.39 Å². The van der Waals surface area contributed by atoms with Crippen molar-refractivity contribution in [2.75, 3.05) is 10.6 Å². The second kappa shape index (κ2) is 8.66. The van der Waals surface area contributed by atoms with Gasteiger partial charge in [0.1, 0.15) is 5.82 Å². The molecule has 9 heteroatoms. The van der Waals surface area contributed by atoms with Crippen LogP contribution in [0.3, 0.4) is 0 Å². The molecule has 1 heterocycles. The molecule has 0 radical (unpaired) electrons. The van der Waals surface area contributed by atoms with Gasteiger partial charge in [0.05, 0.1) is 38.7 Å². The van der Waals surface area contributed by atoms with Gasteiger partial charge in [-0.15, -0.1) is 0 Å². The fraction of sp³-hybridized carbons (Fsp3) is 0.158. The first-order chi connectivity index (χ1) is 13.2. The molecule has 0 aliphatic carbocycles. The van der Waals surface area contributed by atoms with Gasteiger partial charge in [-0.3, -0.25) is 4.68 Å². The largest absolute Gasteiger partial charge is 0.332 e. The van der Waals surface area contributed by atoms with Gasteiger partial charge in [0.15, 0.2) is 5.11 Å². The third kappa shape index (κ3) is 4.75. The molecular formula is C19H16Cl3FN4S. The summed E-state index contributed by atoms with van der Waals surface area (Å²) in [4.78, 5) is 0. The summed E-state index contributed by atoms with van der Waals surface area (Å²) in [5.41, 5.74) is 4.06. The van der Waals surface area contributed by atoms with Crippen LogP contribution in [0.25, 0.3) is 0 Å². The minimum Gasteiger partial charge on any atom is -0.332 e. The lowest BCUT2D eigenvalue weighted by atomic mass is 10.2. The van der Waals surface area contributed by atoms with Crippen molar-refractivity contribution in [3.05, 3.63) is 74.2 Å². The second-order valence-corrected chi connectivity index (χ2v) is 7.79. The van der Waals surface area contributed by atoms with Crippen molar-refractivity contribution < 1.29 is 4.39 Å². The maximum atomic E-state index is 13.3. The van der Waals surface area contributed by atoms with E-state index in [9.17, 15) is 4.39 Å². The number of rotatable bonds is 4. The molecule has 0 saturated heterocycles. The summed E-state index contributed by atoms with van der Waals surface area (Å²) in [5.74, 6) is -0.485. The molecule has 1 aromatic heterocycles. The minimum atomic E-state index is -0.485. The maximum absolute atomic E-state index is 13.3.